The summed E-state index contributed by atoms with van der Waals surface area (Å²) in [5.41, 5.74) is 10.8. The quantitative estimate of drug-likeness (QED) is 0.569. The zero-order chi connectivity index (χ0) is 24.7. The van der Waals surface area contributed by atoms with Crippen LogP contribution < -0.4 is 11.1 Å². The summed E-state index contributed by atoms with van der Waals surface area (Å²) >= 11 is 6.09. The Bertz CT molecular complexity index is 1450. The number of aliphatic imine (C=N–C) groups is 1. The largest absolute Gasteiger partial charge is 0.384 e. The van der Waals surface area contributed by atoms with E-state index in [1.165, 1.54) is 6.21 Å². The van der Waals surface area contributed by atoms with Gasteiger partial charge in [-0.1, -0.05) is 17.7 Å². The number of nitrogen functional groups attached to an aromatic ring is 1. The van der Waals surface area contributed by atoms with Gasteiger partial charge in [-0.25, -0.2) is 9.98 Å². The molecule has 0 saturated carbocycles. The Morgan fingerprint density at radius 2 is 2.06 bits per heavy atom. The van der Waals surface area contributed by atoms with Gasteiger partial charge in [-0.15, -0.1) is 0 Å². The summed E-state index contributed by atoms with van der Waals surface area (Å²) in [6, 6.07) is 9.41. The minimum atomic E-state index is -0.844. The number of benzene rings is 1. The average Bonchev–Trinajstić information content (AvgIpc) is 3.17. The Morgan fingerprint density at radius 1 is 1.23 bits per heavy atom. The molecule has 176 valence electrons. The zero-order valence-corrected chi connectivity index (χ0v) is 19.9. The van der Waals surface area contributed by atoms with E-state index in [9.17, 15) is 9.59 Å². The smallest absolute Gasteiger partial charge is 0.269 e. The third kappa shape index (κ3) is 4.38. The number of anilines is 1. The first-order valence-electron chi connectivity index (χ1n) is 11.0. The number of allylic oxidation sites excluding steroid dienone is 1. The van der Waals surface area contributed by atoms with Crippen molar-refractivity contribution in [3.8, 4) is 0 Å². The number of carbonyl (C=O) groups is 2. The van der Waals surface area contributed by atoms with Crippen molar-refractivity contribution in [2.75, 3.05) is 5.73 Å². The summed E-state index contributed by atoms with van der Waals surface area (Å²) in [4.78, 5) is 38.3. The van der Waals surface area contributed by atoms with E-state index in [4.69, 9.17) is 17.3 Å². The van der Waals surface area contributed by atoms with Gasteiger partial charge in [0.05, 0.1) is 22.8 Å². The van der Waals surface area contributed by atoms with Crippen molar-refractivity contribution >= 4 is 52.1 Å². The Morgan fingerprint density at radius 3 is 2.86 bits per heavy atom. The van der Waals surface area contributed by atoms with Gasteiger partial charge in [0, 0.05) is 30.0 Å². The third-order valence-electron chi connectivity index (χ3n) is 6.07. The van der Waals surface area contributed by atoms with Crippen molar-refractivity contribution in [2.45, 2.75) is 26.9 Å². The molecule has 3 N–H and O–H groups in total. The highest BCUT2D eigenvalue weighted by Crippen LogP contribution is 2.31. The van der Waals surface area contributed by atoms with Crippen molar-refractivity contribution in [1.29, 1.82) is 0 Å². The van der Waals surface area contributed by atoms with Crippen LogP contribution in [-0.4, -0.2) is 38.7 Å². The van der Waals surface area contributed by atoms with Gasteiger partial charge in [0.15, 0.2) is 0 Å². The van der Waals surface area contributed by atoms with Gasteiger partial charge in [0.1, 0.15) is 17.4 Å². The predicted octanol–water partition coefficient (Wildman–Crippen LogP) is 3.08. The summed E-state index contributed by atoms with van der Waals surface area (Å²) in [5.74, 6) is -1.27. The molecule has 35 heavy (non-hydrogen) atoms. The Kier molecular flexibility index (Phi) is 5.78. The van der Waals surface area contributed by atoms with Crippen LogP contribution in [0.25, 0.3) is 10.9 Å². The SMILES string of the molecule is Cc1cc(N)nc(C)c1CNC(=O)C1=NN(Cc2ccc3ncc(Cl)cc3c2)C2=CC=NC(=O)C21. The van der Waals surface area contributed by atoms with Crippen molar-refractivity contribution in [3.63, 3.8) is 0 Å². The number of nitrogens with one attached hydrogen (secondary N) is 1. The molecule has 0 radical (unpaired) electrons. The van der Waals surface area contributed by atoms with Crippen LogP contribution in [0.4, 0.5) is 5.82 Å². The number of nitrogens with zero attached hydrogens (tertiary/aromatic N) is 5. The van der Waals surface area contributed by atoms with Gasteiger partial charge < -0.3 is 11.1 Å². The van der Waals surface area contributed by atoms with E-state index in [1.807, 2.05) is 38.1 Å². The molecule has 9 nitrogen and oxygen atoms in total. The van der Waals surface area contributed by atoms with Gasteiger partial charge in [0.2, 0.25) is 0 Å². The molecule has 1 aromatic carbocycles. The van der Waals surface area contributed by atoms with E-state index in [0.29, 0.717) is 23.1 Å². The van der Waals surface area contributed by atoms with E-state index in [-0.39, 0.29) is 12.3 Å². The number of fused-ring (bicyclic) bond motifs is 2. The van der Waals surface area contributed by atoms with E-state index >= 15 is 0 Å². The molecular formula is C25H22ClN7O2. The molecule has 3 aromatic rings. The lowest BCUT2D eigenvalue weighted by molar-refractivity contribution is -0.120. The molecule has 0 fully saturated rings. The Balaban J connectivity index is 1.40. The molecule has 10 heteroatoms. The maximum Gasteiger partial charge on any atom is 0.269 e. The fourth-order valence-electron chi connectivity index (χ4n) is 4.36. The number of dihydropyridines is 1. The number of aromatic nitrogens is 2. The monoisotopic (exact) mass is 487 g/mol. The van der Waals surface area contributed by atoms with Crippen LogP contribution in [0.5, 0.6) is 0 Å². The van der Waals surface area contributed by atoms with Gasteiger partial charge in [-0.3, -0.25) is 19.6 Å². The van der Waals surface area contributed by atoms with Crippen molar-refractivity contribution in [3.05, 3.63) is 75.7 Å². The summed E-state index contributed by atoms with van der Waals surface area (Å²) < 4.78 is 0. The summed E-state index contributed by atoms with van der Waals surface area (Å²) in [7, 11) is 0. The number of nitrogens with two attached hydrogens (primary N) is 1. The first kappa shape index (κ1) is 22.7. The standard InChI is InChI=1S/C25H22ClN7O2/c1-13-7-21(27)31-14(2)18(13)11-30-25(35)23-22-20(5-6-28-24(22)34)33(32-23)12-15-3-4-19-16(8-15)9-17(26)10-29-19/h3-10,22H,11-12H2,1-2H3,(H2,27,31)(H,30,35). The third-order valence-corrected chi connectivity index (χ3v) is 6.27. The molecule has 0 spiro atoms. The van der Waals surface area contributed by atoms with E-state index in [1.54, 1.807) is 23.3 Å². The predicted molar refractivity (Wildman–Crippen MR) is 135 cm³/mol. The second kappa shape index (κ2) is 8.92. The highest BCUT2D eigenvalue weighted by atomic mass is 35.5. The Labute approximate surface area is 206 Å². The Hall–Kier alpha value is -4.11. The number of hydrazone groups is 1. The van der Waals surface area contributed by atoms with Crippen molar-refractivity contribution < 1.29 is 9.59 Å². The van der Waals surface area contributed by atoms with E-state index < -0.39 is 17.7 Å². The number of pyridine rings is 2. The number of hydrogen-bond acceptors (Lipinski definition) is 7. The number of amides is 2. The van der Waals surface area contributed by atoms with Crippen LogP contribution in [0.15, 0.2) is 58.4 Å². The molecule has 1 unspecified atom stereocenters. The van der Waals surface area contributed by atoms with Crippen LogP contribution in [-0.2, 0) is 22.7 Å². The second-order valence-electron chi connectivity index (χ2n) is 8.48. The molecular weight excluding hydrogens is 466 g/mol. The average molecular weight is 488 g/mol. The summed E-state index contributed by atoms with van der Waals surface area (Å²) in [6.45, 7) is 4.35. The number of carbonyl (C=O) groups excluding carboxylic acids is 2. The van der Waals surface area contributed by atoms with E-state index in [0.717, 1.165) is 33.3 Å². The molecule has 2 aromatic heterocycles. The van der Waals surface area contributed by atoms with Crippen LogP contribution in [0.1, 0.15) is 22.4 Å². The van der Waals surface area contributed by atoms with Crippen LogP contribution >= 0.6 is 11.6 Å². The number of aryl methyl sites for hydroxylation is 2. The lowest BCUT2D eigenvalue weighted by Crippen LogP contribution is -2.37. The topological polar surface area (TPSA) is 126 Å². The van der Waals surface area contributed by atoms with Gasteiger partial charge >= 0.3 is 0 Å². The fourth-order valence-corrected chi connectivity index (χ4v) is 4.53. The lowest BCUT2D eigenvalue weighted by atomic mass is 9.96. The second-order valence-corrected chi connectivity index (χ2v) is 8.91. The summed E-state index contributed by atoms with van der Waals surface area (Å²) in [5, 5.41) is 10.5. The maximum absolute atomic E-state index is 13.2. The molecule has 4 heterocycles. The highest BCUT2D eigenvalue weighted by Gasteiger charge is 2.42. The van der Waals surface area contributed by atoms with Crippen LogP contribution in [0, 0.1) is 19.8 Å². The number of halogens is 1. The molecule has 2 aliphatic heterocycles. The first-order valence-corrected chi connectivity index (χ1v) is 11.4. The molecule has 0 aliphatic carbocycles. The van der Waals surface area contributed by atoms with E-state index in [2.05, 4.69) is 25.4 Å². The normalized spacial score (nSPS) is 16.8. The van der Waals surface area contributed by atoms with Crippen LogP contribution in [0.3, 0.4) is 0 Å². The molecule has 1 atom stereocenters. The number of rotatable bonds is 5. The fraction of sp³-hybridized carbons (Fsp3) is 0.200. The zero-order valence-electron chi connectivity index (χ0n) is 19.1. The molecule has 0 saturated heterocycles. The van der Waals surface area contributed by atoms with Gasteiger partial charge in [-0.2, -0.15) is 5.10 Å². The van der Waals surface area contributed by atoms with Crippen molar-refractivity contribution in [2.24, 2.45) is 16.0 Å². The molecule has 5 rings (SSSR count). The maximum atomic E-state index is 13.2. The van der Waals surface area contributed by atoms with Gasteiger partial charge in [0.25, 0.3) is 11.8 Å². The molecule has 2 aliphatic rings. The minimum Gasteiger partial charge on any atom is -0.384 e. The lowest BCUT2D eigenvalue weighted by Gasteiger charge is -2.20. The first-order chi connectivity index (χ1) is 16.8. The summed E-state index contributed by atoms with van der Waals surface area (Å²) in [6.07, 6.45) is 4.76. The van der Waals surface area contributed by atoms with Crippen molar-refractivity contribution in [1.82, 2.24) is 20.3 Å². The molecule has 0 bridgehead atoms. The van der Waals surface area contributed by atoms with Crippen LogP contribution in [0.2, 0.25) is 5.02 Å². The molecule has 2 amide bonds. The van der Waals surface area contributed by atoms with Gasteiger partial charge in [-0.05, 0) is 60.9 Å². The minimum absolute atomic E-state index is 0.113. The number of hydrogen-bond donors (Lipinski definition) is 2. The highest BCUT2D eigenvalue weighted by molar-refractivity contribution is 6.44.